The van der Waals surface area contributed by atoms with Crippen molar-refractivity contribution in [2.24, 2.45) is 5.92 Å². The molecule has 1 amide bonds. The third-order valence-corrected chi connectivity index (χ3v) is 4.83. The average molecular weight is 338 g/mol. The molecule has 0 spiro atoms. The molecule has 132 valence electrons. The van der Waals surface area contributed by atoms with Gasteiger partial charge in [-0.2, -0.15) is 0 Å². The quantitative estimate of drug-likeness (QED) is 0.912. The van der Waals surface area contributed by atoms with Crippen LogP contribution in [0.2, 0.25) is 0 Å². The van der Waals surface area contributed by atoms with Crippen molar-refractivity contribution in [1.29, 1.82) is 0 Å². The van der Waals surface area contributed by atoms with Crippen LogP contribution in [-0.2, 0) is 0 Å². The summed E-state index contributed by atoms with van der Waals surface area (Å²) in [6.07, 6.45) is 3.80. The molecule has 1 aromatic heterocycles. The number of anilines is 2. The van der Waals surface area contributed by atoms with Gasteiger partial charge in [-0.3, -0.25) is 4.79 Å². The first-order valence-electron chi connectivity index (χ1n) is 9.01. The SMILES string of the molecule is CC1CCN(c2cc(C(=O)Nc3ccc(C(C)C)cc3)ncn2)CC1. The first-order valence-corrected chi connectivity index (χ1v) is 9.01. The number of nitrogens with one attached hydrogen (secondary N) is 1. The second-order valence-electron chi connectivity index (χ2n) is 7.16. The molecular weight excluding hydrogens is 312 g/mol. The Morgan fingerprint density at radius 1 is 1.16 bits per heavy atom. The van der Waals surface area contributed by atoms with E-state index in [2.05, 4.69) is 41.0 Å². The summed E-state index contributed by atoms with van der Waals surface area (Å²) in [5.41, 5.74) is 2.43. The van der Waals surface area contributed by atoms with Gasteiger partial charge < -0.3 is 10.2 Å². The summed E-state index contributed by atoms with van der Waals surface area (Å²) in [7, 11) is 0. The Hall–Kier alpha value is -2.43. The molecule has 1 N–H and O–H groups in total. The molecule has 0 unspecified atom stereocenters. The molecule has 5 nitrogen and oxygen atoms in total. The molecule has 0 bridgehead atoms. The van der Waals surface area contributed by atoms with Gasteiger partial charge in [-0.25, -0.2) is 9.97 Å². The molecule has 1 aromatic carbocycles. The predicted octanol–water partition coefficient (Wildman–Crippen LogP) is 4.09. The van der Waals surface area contributed by atoms with Gasteiger partial charge in [0.15, 0.2) is 0 Å². The Morgan fingerprint density at radius 3 is 2.48 bits per heavy atom. The van der Waals surface area contributed by atoms with Crippen molar-refractivity contribution in [2.75, 3.05) is 23.3 Å². The van der Waals surface area contributed by atoms with Gasteiger partial charge in [0.05, 0.1) is 0 Å². The number of amides is 1. The number of piperidine rings is 1. The lowest BCUT2D eigenvalue weighted by atomic mass is 9.99. The Kier molecular flexibility index (Phi) is 5.31. The van der Waals surface area contributed by atoms with Crippen molar-refractivity contribution in [3.63, 3.8) is 0 Å². The number of carbonyl (C=O) groups excluding carboxylic acids is 1. The molecule has 1 aliphatic heterocycles. The zero-order valence-electron chi connectivity index (χ0n) is 15.2. The van der Waals surface area contributed by atoms with Crippen LogP contribution < -0.4 is 10.2 Å². The molecule has 1 saturated heterocycles. The zero-order valence-corrected chi connectivity index (χ0v) is 15.2. The van der Waals surface area contributed by atoms with Gasteiger partial charge in [0, 0.05) is 24.8 Å². The van der Waals surface area contributed by atoms with E-state index >= 15 is 0 Å². The summed E-state index contributed by atoms with van der Waals surface area (Å²) < 4.78 is 0. The maximum absolute atomic E-state index is 12.5. The molecule has 0 radical (unpaired) electrons. The molecule has 2 heterocycles. The molecule has 5 heteroatoms. The fraction of sp³-hybridized carbons (Fsp3) is 0.450. The van der Waals surface area contributed by atoms with Crippen molar-refractivity contribution in [3.8, 4) is 0 Å². The maximum Gasteiger partial charge on any atom is 0.274 e. The van der Waals surface area contributed by atoms with Crippen molar-refractivity contribution >= 4 is 17.4 Å². The van der Waals surface area contributed by atoms with E-state index in [0.29, 0.717) is 11.6 Å². The van der Waals surface area contributed by atoms with Crippen LogP contribution in [0.15, 0.2) is 36.7 Å². The highest BCUT2D eigenvalue weighted by Crippen LogP contribution is 2.22. The number of hydrogen-bond donors (Lipinski definition) is 1. The van der Waals surface area contributed by atoms with Crippen molar-refractivity contribution < 1.29 is 4.79 Å². The van der Waals surface area contributed by atoms with Gasteiger partial charge in [0.2, 0.25) is 0 Å². The molecule has 25 heavy (non-hydrogen) atoms. The standard InChI is InChI=1S/C20H26N4O/c1-14(2)16-4-6-17(7-5-16)23-20(25)18-12-19(22-13-21-18)24-10-8-15(3)9-11-24/h4-7,12-15H,8-11H2,1-3H3,(H,23,25). The van der Waals surface area contributed by atoms with Gasteiger partial charge in [0.25, 0.3) is 5.91 Å². The summed E-state index contributed by atoms with van der Waals surface area (Å²) in [6.45, 7) is 8.54. The van der Waals surface area contributed by atoms with Crippen LogP contribution in [0.5, 0.6) is 0 Å². The van der Waals surface area contributed by atoms with Gasteiger partial charge in [-0.1, -0.05) is 32.9 Å². The second-order valence-corrected chi connectivity index (χ2v) is 7.16. The van der Waals surface area contributed by atoms with Crippen LogP contribution >= 0.6 is 0 Å². The summed E-state index contributed by atoms with van der Waals surface area (Å²) >= 11 is 0. The van der Waals surface area contributed by atoms with E-state index in [1.807, 2.05) is 24.3 Å². The summed E-state index contributed by atoms with van der Waals surface area (Å²) in [4.78, 5) is 23.2. The summed E-state index contributed by atoms with van der Waals surface area (Å²) in [5.74, 6) is 1.87. The van der Waals surface area contributed by atoms with Gasteiger partial charge in [0.1, 0.15) is 17.8 Å². The van der Waals surface area contributed by atoms with E-state index in [-0.39, 0.29) is 5.91 Å². The molecule has 2 aromatic rings. The topological polar surface area (TPSA) is 58.1 Å². The third kappa shape index (κ3) is 4.35. The lowest BCUT2D eigenvalue weighted by Gasteiger charge is -2.31. The van der Waals surface area contributed by atoms with Crippen LogP contribution in [-0.4, -0.2) is 29.0 Å². The lowest BCUT2D eigenvalue weighted by Crippen LogP contribution is -2.33. The molecule has 0 atom stereocenters. The Bertz CT molecular complexity index is 719. The largest absolute Gasteiger partial charge is 0.356 e. The molecule has 0 aliphatic carbocycles. The Balaban J connectivity index is 1.68. The van der Waals surface area contributed by atoms with E-state index in [4.69, 9.17) is 0 Å². The highest BCUT2D eigenvalue weighted by Gasteiger charge is 2.18. The summed E-state index contributed by atoms with van der Waals surface area (Å²) in [5, 5.41) is 2.91. The lowest BCUT2D eigenvalue weighted by molar-refractivity contribution is 0.102. The molecular formula is C20H26N4O. The van der Waals surface area contributed by atoms with E-state index in [1.165, 1.54) is 11.9 Å². The van der Waals surface area contributed by atoms with E-state index in [0.717, 1.165) is 43.4 Å². The normalized spacial score (nSPS) is 15.4. The molecule has 3 rings (SSSR count). The first kappa shape index (κ1) is 17.4. The van der Waals surface area contributed by atoms with Gasteiger partial charge >= 0.3 is 0 Å². The number of hydrogen-bond acceptors (Lipinski definition) is 4. The number of nitrogens with zero attached hydrogens (tertiary/aromatic N) is 3. The highest BCUT2D eigenvalue weighted by molar-refractivity contribution is 6.03. The fourth-order valence-corrected chi connectivity index (χ4v) is 3.03. The smallest absolute Gasteiger partial charge is 0.274 e. The minimum Gasteiger partial charge on any atom is -0.356 e. The van der Waals surface area contributed by atoms with Crippen LogP contribution in [0, 0.1) is 5.92 Å². The molecule has 0 saturated carbocycles. The monoisotopic (exact) mass is 338 g/mol. The average Bonchev–Trinajstić information content (AvgIpc) is 2.63. The maximum atomic E-state index is 12.5. The number of rotatable bonds is 4. The van der Waals surface area contributed by atoms with Crippen LogP contribution in [0.25, 0.3) is 0 Å². The fourth-order valence-electron chi connectivity index (χ4n) is 3.03. The van der Waals surface area contributed by atoms with Crippen LogP contribution in [0.4, 0.5) is 11.5 Å². The molecule has 1 aliphatic rings. The number of carbonyl (C=O) groups is 1. The second kappa shape index (κ2) is 7.64. The first-order chi connectivity index (χ1) is 12.0. The Labute approximate surface area is 149 Å². The number of aromatic nitrogens is 2. The van der Waals surface area contributed by atoms with E-state index in [1.54, 1.807) is 6.07 Å². The van der Waals surface area contributed by atoms with Gasteiger partial charge in [-0.05, 0) is 42.4 Å². The van der Waals surface area contributed by atoms with Crippen LogP contribution in [0.3, 0.4) is 0 Å². The van der Waals surface area contributed by atoms with Crippen molar-refractivity contribution in [2.45, 2.75) is 39.5 Å². The van der Waals surface area contributed by atoms with Crippen LogP contribution in [0.1, 0.15) is 55.6 Å². The van der Waals surface area contributed by atoms with E-state index < -0.39 is 0 Å². The van der Waals surface area contributed by atoms with Crippen molar-refractivity contribution in [3.05, 3.63) is 47.9 Å². The van der Waals surface area contributed by atoms with Gasteiger partial charge in [-0.15, -0.1) is 0 Å². The zero-order chi connectivity index (χ0) is 17.8. The minimum atomic E-state index is -0.202. The van der Waals surface area contributed by atoms with E-state index in [9.17, 15) is 4.79 Å². The minimum absolute atomic E-state index is 0.202. The predicted molar refractivity (Wildman–Crippen MR) is 101 cm³/mol. The summed E-state index contributed by atoms with van der Waals surface area (Å²) in [6, 6.07) is 9.73. The Morgan fingerprint density at radius 2 is 1.84 bits per heavy atom. The highest BCUT2D eigenvalue weighted by atomic mass is 16.1. The third-order valence-electron chi connectivity index (χ3n) is 4.83. The number of benzene rings is 1. The van der Waals surface area contributed by atoms with Crippen molar-refractivity contribution in [1.82, 2.24) is 9.97 Å². The molecule has 1 fully saturated rings.